The maximum atomic E-state index is 5.37. The van der Waals surface area contributed by atoms with Crippen molar-refractivity contribution in [1.82, 2.24) is 0 Å². The lowest BCUT2D eigenvalue weighted by atomic mass is 10.2. The Morgan fingerprint density at radius 3 is 2.56 bits per heavy atom. The highest BCUT2D eigenvalue weighted by Gasteiger charge is 1.96. The quantitative estimate of drug-likeness (QED) is 0.698. The fourth-order valence-corrected chi connectivity index (χ4v) is 2.08. The molecule has 1 heterocycles. The lowest BCUT2D eigenvalue weighted by molar-refractivity contribution is 0.410. The summed E-state index contributed by atoms with van der Waals surface area (Å²) >= 11 is 0. The number of hydrogen-bond acceptors (Lipinski definition) is 2. The van der Waals surface area contributed by atoms with Gasteiger partial charge in [-0.1, -0.05) is 36.4 Å². The van der Waals surface area contributed by atoms with Gasteiger partial charge in [-0.3, -0.25) is 4.99 Å². The zero-order chi connectivity index (χ0) is 12.4. The van der Waals surface area contributed by atoms with Crippen molar-refractivity contribution in [3.63, 3.8) is 0 Å². The monoisotopic (exact) mass is 235 g/mol. The Kier molecular flexibility index (Phi) is 2.69. The summed E-state index contributed by atoms with van der Waals surface area (Å²) in [7, 11) is 1.68. The summed E-state index contributed by atoms with van der Waals surface area (Å²) in [4.78, 5) is 4.54. The van der Waals surface area contributed by atoms with E-state index in [2.05, 4.69) is 29.3 Å². The fourth-order valence-electron chi connectivity index (χ4n) is 2.08. The third kappa shape index (κ3) is 1.82. The number of hydrogen-bond donors (Lipinski definition) is 0. The van der Waals surface area contributed by atoms with Crippen LogP contribution in [-0.2, 0) is 0 Å². The molecule has 88 valence electrons. The van der Waals surface area contributed by atoms with Crippen LogP contribution < -0.4 is 25.8 Å². The van der Waals surface area contributed by atoms with E-state index in [4.69, 9.17) is 4.74 Å². The van der Waals surface area contributed by atoms with Gasteiger partial charge in [-0.15, -0.1) is 0 Å². The van der Waals surface area contributed by atoms with E-state index in [1.807, 2.05) is 36.5 Å². The molecular weight excluding hydrogens is 222 g/mol. The number of benzene rings is 2. The standard InChI is InChI=1S/C16H13NO/c1-18-16-8-4-7-15-14(16)10-9-12-5-2-3-6-13(12)11-17-15/h2-11H,1H3. The van der Waals surface area contributed by atoms with Crippen molar-refractivity contribution in [3.05, 3.63) is 63.5 Å². The Bertz CT molecular complexity index is 819. The minimum Gasteiger partial charge on any atom is -0.496 e. The van der Waals surface area contributed by atoms with E-state index < -0.39 is 0 Å². The van der Waals surface area contributed by atoms with Crippen molar-refractivity contribution in [2.75, 3.05) is 7.11 Å². The van der Waals surface area contributed by atoms with Crippen LogP contribution in [0, 0.1) is 0 Å². The summed E-state index contributed by atoms with van der Waals surface area (Å²) < 4.78 is 5.37. The molecule has 0 radical (unpaired) electrons. The molecule has 0 atom stereocenters. The van der Waals surface area contributed by atoms with E-state index in [0.29, 0.717) is 0 Å². The molecule has 0 N–H and O–H groups in total. The van der Waals surface area contributed by atoms with Crippen LogP contribution in [-0.4, -0.2) is 7.11 Å². The van der Waals surface area contributed by atoms with E-state index >= 15 is 0 Å². The first kappa shape index (κ1) is 10.8. The van der Waals surface area contributed by atoms with Gasteiger partial charge in [0.15, 0.2) is 0 Å². The molecule has 0 unspecified atom stereocenters. The van der Waals surface area contributed by atoms with Crippen molar-refractivity contribution >= 4 is 18.4 Å². The van der Waals surface area contributed by atoms with E-state index in [-0.39, 0.29) is 0 Å². The molecule has 0 saturated heterocycles. The molecule has 0 aromatic heterocycles. The Hall–Kier alpha value is -2.35. The lowest BCUT2D eigenvalue weighted by Crippen LogP contribution is -2.30. The molecule has 2 aromatic carbocycles. The first-order valence-corrected chi connectivity index (χ1v) is 5.86. The second kappa shape index (κ2) is 4.49. The van der Waals surface area contributed by atoms with Gasteiger partial charge < -0.3 is 4.74 Å². The average molecular weight is 235 g/mol. The van der Waals surface area contributed by atoms with Gasteiger partial charge in [0, 0.05) is 11.4 Å². The molecule has 2 aromatic rings. The van der Waals surface area contributed by atoms with Gasteiger partial charge in [0.2, 0.25) is 0 Å². The molecule has 2 nitrogen and oxygen atoms in total. The largest absolute Gasteiger partial charge is 0.496 e. The molecule has 0 fully saturated rings. The molecule has 0 bridgehead atoms. The van der Waals surface area contributed by atoms with Crippen LogP contribution in [0.15, 0.2) is 47.5 Å². The van der Waals surface area contributed by atoms with Crippen molar-refractivity contribution in [2.45, 2.75) is 0 Å². The molecule has 0 amide bonds. The van der Waals surface area contributed by atoms with Crippen LogP contribution >= 0.6 is 0 Å². The SMILES string of the molecule is COc1cccc2c1=CC=c1ccccc1=CN=2. The number of ether oxygens (including phenoxy) is 1. The molecule has 0 spiro atoms. The highest BCUT2D eigenvalue weighted by atomic mass is 16.5. The maximum Gasteiger partial charge on any atom is 0.128 e. The van der Waals surface area contributed by atoms with Crippen LogP contribution in [0.2, 0.25) is 0 Å². The van der Waals surface area contributed by atoms with E-state index in [1.54, 1.807) is 7.11 Å². The minimum atomic E-state index is 0.847. The van der Waals surface area contributed by atoms with Gasteiger partial charge in [0.1, 0.15) is 5.75 Å². The zero-order valence-electron chi connectivity index (χ0n) is 10.1. The summed E-state index contributed by atoms with van der Waals surface area (Å²) in [6.45, 7) is 0. The van der Waals surface area contributed by atoms with Crippen LogP contribution in [0.1, 0.15) is 0 Å². The van der Waals surface area contributed by atoms with Crippen molar-refractivity contribution in [1.29, 1.82) is 0 Å². The second-order valence-corrected chi connectivity index (χ2v) is 4.11. The van der Waals surface area contributed by atoms with E-state index in [1.165, 1.54) is 0 Å². The fraction of sp³-hybridized carbons (Fsp3) is 0.0625. The van der Waals surface area contributed by atoms with Gasteiger partial charge in [0.05, 0.1) is 12.5 Å². The third-order valence-corrected chi connectivity index (χ3v) is 3.03. The molecule has 3 rings (SSSR count). The van der Waals surface area contributed by atoms with E-state index in [0.717, 1.165) is 26.8 Å². The lowest BCUT2D eigenvalue weighted by Gasteiger charge is -2.01. The molecule has 2 heteroatoms. The minimum absolute atomic E-state index is 0.847. The van der Waals surface area contributed by atoms with Gasteiger partial charge >= 0.3 is 0 Å². The van der Waals surface area contributed by atoms with Gasteiger partial charge in [0.25, 0.3) is 0 Å². The molecule has 1 aliphatic rings. The van der Waals surface area contributed by atoms with E-state index in [9.17, 15) is 0 Å². The third-order valence-electron chi connectivity index (χ3n) is 3.03. The highest BCUT2D eigenvalue weighted by Crippen LogP contribution is 1.98. The number of rotatable bonds is 1. The average Bonchev–Trinajstić information content (AvgIpc) is 2.41. The number of fused-ring (bicyclic) bond motifs is 2. The molecule has 0 saturated carbocycles. The van der Waals surface area contributed by atoms with Gasteiger partial charge in [-0.25, -0.2) is 0 Å². The smallest absolute Gasteiger partial charge is 0.128 e. The first-order valence-electron chi connectivity index (χ1n) is 5.86. The van der Waals surface area contributed by atoms with Crippen LogP contribution in [0.3, 0.4) is 0 Å². The summed E-state index contributed by atoms with van der Waals surface area (Å²) in [6.07, 6.45) is 6.06. The first-order chi connectivity index (χ1) is 8.88. The summed E-state index contributed by atoms with van der Waals surface area (Å²) in [5.74, 6) is 0.847. The Morgan fingerprint density at radius 1 is 0.889 bits per heavy atom. The number of methoxy groups -OCH3 is 1. The predicted molar refractivity (Wildman–Crippen MR) is 72.9 cm³/mol. The molecule has 0 aliphatic carbocycles. The normalized spacial score (nSPS) is 12.3. The molecule has 1 aliphatic heterocycles. The Morgan fingerprint density at radius 2 is 1.72 bits per heavy atom. The predicted octanol–water partition coefficient (Wildman–Crippen LogP) is 0.328. The van der Waals surface area contributed by atoms with Gasteiger partial charge in [-0.2, -0.15) is 0 Å². The Labute approximate surface area is 105 Å². The topological polar surface area (TPSA) is 21.6 Å². The summed E-state index contributed by atoms with van der Waals surface area (Å²) in [5.41, 5.74) is 0. The summed E-state index contributed by atoms with van der Waals surface area (Å²) in [5, 5.41) is 4.24. The molecule has 18 heavy (non-hydrogen) atoms. The number of nitrogens with zero attached hydrogens (tertiary/aromatic N) is 1. The van der Waals surface area contributed by atoms with Crippen LogP contribution in [0.4, 0.5) is 0 Å². The zero-order valence-corrected chi connectivity index (χ0v) is 10.1. The summed E-state index contributed by atoms with van der Waals surface area (Å²) in [6, 6.07) is 14.1. The maximum absolute atomic E-state index is 5.37. The molecular formula is C16H13NO. The highest BCUT2D eigenvalue weighted by molar-refractivity contribution is 5.63. The van der Waals surface area contributed by atoms with Crippen molar-refractivity contribution < 1.29 is 4.74 Å². The van der Waals surface area contributed by atoms with Crippen LogP contribution in [0.5, 0.6) is 5.75 Å². The van der Waals surface area contributed by atoms with Crippen LogP contribution in [0.25, 0.3) is 18.4 Å². The Balaban J connectivity index is 2.42. The second-order valence-electron chi connectivity index (χ2n) is 4.11. The van der Waals surface area contributed by atoms with Gasteiger partial charge in [-0.05, 0) is 28.6 Å². The van der Waals surface area contributed by atoms with Crippen molar-refractivity contribution in [3.8, 4) is 5.75 Å². The van der Waals surface area contributed by atoms with Crippen molar-refractivity contribution in [2.24, 2.45) is 4.99 Å².